The lowest BCUT2D eigenvalue weighted by Crippen LogP contribution is -2.51. The first-order valence-corrected chi connectivity index (χ1v) is 17.6. The number of nitrogens with two attached hydrogens (primary N) is 1. The number of carbonyl (C=O) groups excluding carboxylic acids is 5. The molecule has 7 rings (SSSR count). The SMILES string of the molecule is CC[C@@]1(O)C(=O)OCc2c1cc1n(c2=O)Cc2c-1nc1cc(F)c(NC(=O)CNC(=O)[C@H](Cc3ccccc3)NC(=O)CNC(=O)CN)c3c1c2CCC3. The van der Waals surface area contributed by atoms with E-state index in [1.807, 2.05) is 0 Å². The van der Waals surface area contributed by atoms with Crippen molar-refractivity contribution in [1.82, 2.24) is 25.5 Å². The Morgan fingerprint density at radius 2 is 1.74 bits per heavy atom. The van der Waals surface area contributed by atoms with Crippen molar-refractivity contribution >= 4 is 46.2 Å². The molecule has 2 aromatic heterocycles. The van der Waals surface area contributed by atoms with Crippen LogP contribution in [0.2, 0.25) is 0 Å². The Balaban J connectivity index is 1.13. The van der Waals surface area contributed by atoms with Gasteiger partial charge in [-0.3, -0.25) is 24.0 Å². The summed E-state index contributed by atoms with van der Waals surface area (Å²) in [4.78, 5) is 81.6. The van der Waals surface area contributed by atoms with Crippen molar-refractivity contribution in [2.24, 2.45) is 5.73 Å². The summed E-state index contributed by atoms with van der Waals surface area (Å²) in [6, 6.07) is 10.6. The highest BCUT2D eigenvalue weighted by Gasteiger charge is 2.45. The van der Waals surface area contributed by atoms with E-state index in [0.29, 0.717) is 47.1 Å². The zero-order chi connectivity index (χ0) is 38.3. The van der Waals surface area contributed by atoms with Gasteiger partial charge in [-0.2, -0.15) is 0 Å². The van der Waals surface area contributed by atoms with Gasteiger partial charge in [0.2, 0.25) is 23.6 Å². The van der Waals surface area contributed by atoms with Crippen LogP contribution in [0.4, 0.5) is 10.1 Å². The molecular weight excluding hydrogens is 701 g/mol. The van der Waals surface area contributed by atoms with E-state index in [2.05, 4.69) is 21.3 Å². The van der Waals surface area contributed by atoms with E-state index in [0.717, 1.165) is 16.7 Å². The number of aryl methyl sites for hydroxylation is 2. The molecule has 0 saturated heterocycles. The van der Waals surface area contributed by atoms with Crippen molar-refractivity contribution in [3.05, 3.63) is 92.0 Å². The minimum atomic E-state index is -1.98. The predicted octanol–water partition coefficient (Wildman–Crippen LogP) is 0.565. The van der Waals surface area contributed by atoms with Gasteiger partial charge in [0, 0.05) is 29.0 Å². The van der Waals surface area contributed by atoms with Crippen molar-refractivity contribution in [1.29, 1.82) is 0 Å². The van der Waals surface area contributed by atoms with Crippen LogP contribution >= 0.6 is 0 Å². The van der Waals surface area contributed by atoms with E-state index >= 15 is 4.39 Å². The number of ether oxygens (including phenoxy) is 1. The molecule has 2 aromatic carbocycles. The minimum absolute atomic E-state index is 0.000917. The lowest BCUT2D eigenvalue weighted by atomic mass is 9.85. The largest absolute Gasteiger partial charge is 0.458 e. The molecule has 2 aliphatic heterocycles. The molecule has 0 fully saturated rings. The fourth-order valence-corrected chi connectivity index (χ4v) is 7.52. The van der Waals surface area contributed by atoms with Crippen molar-refractivity contribution in [3.8, 4) is 11.4 Å². The third-order valence-electron chi connectivity index (χ3n) is 10.3. The van der Waals surface area contributed by atoms with Crippen LogP contribution in [0.3, 0.4) is 0 Å². The third-order valence-corrected chi connectivity index (χ3v) is 10.3. The number of rotatable bonds is 11. The molecule has 4 aromatic rings. The number of benzene rings is 2. The molecule has 16 heteroatoms. The number of aromatic nitrogens is 2. The number of nitrogens with one attached hydrogen (secondary N) is 4. The maximum absolute atomic E-state index is 15.9. The maximum atomic E-state index is 15.9. The molecule has 0 radical (unpaired) electrons. The number of nitrogens with zero attached hydrogens (tertiary/aromatic N) is 2. The molecule has 0 saturated carbocycles. The number of fused-ring (bicyclic) bond motifs is 5. The van der Waals surface area contributed by atoms with Gasteiger partial charge in [0.25, 0.3) is 5.56 Å². The molecular formula is C38H38FN7O8. The van der Waals surface area contributed by atoms with Crippen LogP contribution in [0.15, 0.2) is 47.3 Å². The average molecular weight is 740 g/mol. The first kappa shape index (κ1) is 36.4. The monoisotopic (exact) mass is 739 g/mol. The average Bonchev–Trinajstić information content (AvgIpc) is 3.55. The molecule has 3 aliphatic rings. The van der Waals surface area contributed by atoms with E-state index in [4.69, 9.17) is 15.5 Å². The van der Waals surface area contributed by atoms with Crippen molar-refractivity contribution in [2.45, 2.75) is 63.8 Å². The first-order valence-electron chi connectivity index (χ1n) is 17.6. The van der Waals surface area contributed by atoms with E-state index in [-0.39, 0.29) is 49.4 Å². The van der Waals surface area contributed by atoms with Crippen LogP contribution in [0, 0.1) is 5.82 Å². The van der Waals surface area contributed by atoms with Gasteiger partial charge in [-0.1, -0.05) is 37.3 Å². The molecule has 0 bridgehead atoms. The van der Waals surface area contributed by atoms with Gasteiger partial charge in [0.1, 0.15) is 18.5 Å². The van der Waals surface area contributed by atoms with Gasteiger partial charge >= 0.3 is 5.97 Å². The van der Waals surface area contributed by atoms with Gasteiger partial charge in [0.05, 0.1) is 54.3 Å². The number of amides is 4. The summed E-state index contributed by atoms with van der Waals surface area (Å²) in [7, 11) is 0. The number of pyridine rings is 2. The normalized spacial score (nSPS) is 17.1. The molecule has 2 atom stereocenters. The zero-order valence-electron chi connectivity index (χ0n) is 29.3. The number of aliphatic hydroxyl groups is 1. The molecule has 54 heavy (non-hydrogen) atoms. The summed E-state index contributed by atoms with van der Waals surface area (Å²) < 4.78 is 22.6. The second-order valence-electron chi connectivity index (χ2n) is 13.5. The second kappa shape index (κ2) is 14.4. The summed E-state index contributed by atoms with van der Waals surface area (Å²) in [5.74, 6) is -4.12. The summed E-state index contributed by atoms with van der Waals surface area (Å²) >= 11 is 0. The lowest BCUT2D eigenvalue weighted by Gasteiger charge is -2.31. The molecule has 4 amide bonds. The van der Waals surface area contributed by atoms with Crippen LogP contribution in [-0.2, 0) is 66.7 Å². The molecule has 0 unspecified atom stereocenters. The van der Waals surface area contributed by atoms with Gasteiger partial charge < -0.3 is 41.4 Å². The maximum Gasteiger partial charge on any atom is 0.343 e. The molecule has 7 N–H and O–H groups in total. The number of cyclic esters (lactones) is 1. The van der Waals surface area contributed by atoms with Gasteiger partial charge in [-0.05, 0) is 48.4 Å². The summed E-state index contributed by atoms with van der Waals surface area (Å²) in [5.41, 5.74) is 7.32. The summed E-state index contributed by atoms with van der Waals surface area (Å²) in [6.45, 7) is 0.302. The van der Waals surface area contributed by atoms with Gasteiger partial charge in [-0.15, -0.1) is 0 Å². The summed E-state index contributed by atoms with van der Waals surface area (Å²) in [5, 5.41) is 21.9. The molecule has 15 nitrogen and oxygen atoms in total. The Bertz CT molecular complexity index is 2310. The lowest BCUT2D eigenvalue weighted by molar-refractivity contribution is -0.172. The summed E-state index contributed by atoms with van der Waals surface area (Å²) in [6.07, 6.45) is 1.75. The number of carbonyl (C=O) groups is 5. The Morgan fingerprint density at radius 3 is 2.48 bits per heavy atom. The van der Waals surface area contributed by atoms with Crippen LogP contribution in [0.25, 0.3) is 22.3 Å². The van der Waals surface area contributed by atoms with E-state index in [1.165, 1.54) is 10.6 Å². The van der Waals surface area contributed by atoms with Crippen LogP contribution < -0.4 is 32.6 Å². The molecule has 280 valence electrons. The minimum Gasteiger partial charge on any atom is -0.458 e. The third kappa shape index (κ3) is 6.47. The fraction of sp³-hybridized carbons (Fsp3) is 0.342. The quantitative estimate of drug-likeness (QED) is 0.103. The van der Waals surface area contributed by atoms with Crippen molar-refractivity contribution < 1.29 is 38.2 Å². The Hall–Kier alpha value is -6.00. The van der Waals surface area contributed by atoms with Crippen LogP contribution in [0.1, 0.15) is 53.1 Å². The smallest absolute Gasteiger partial charge is 0.343 e. The number of hydrogen-bond donors (Lipinski definition) is 6. The number of hydrogen-bond acceptors (Lipinski definition) is 10. The van der Waals surface area contributed by atoms with E-state index < -0.39 is 65.7 Å². The Labute approximate surface area is 307 Å². The van der Waals surface area contributed by atoms with Crippen LogP contribution in [0.5, 0.6) is 0 Å². The highest BCUT2D eigenvalue weighted by molar-refractivity contribution is 6.01. The molecule has 1 aliphatic carbocycles. The highest BCUT2D eigenvalue weighted by Crippen LogP contribution is 2.44. The number of halogens is 1. The van der Waals surface area contributed by atoms with E-state index in [1.54, 1.807) is 43.3 Å². The molecule has 4 heterocycles. The van der Waals surface area contributed by atoms with Crippen molar-refractivity contribution in [2.75, 3.05) is 25.0 Å². The topological polar surface area (TPSA) is 224 Å². The Kier molecular flexibility index (Phi) is 9.72. The number of esters is 1. The highest BCUT2D eigenvalue weighted by atomic mass is 19.1. The predicted molar refractivity (Wildman–Crippen MR) is 192 cm³/mol. The first-order chi connectivity index (χ1) is 25.9. The molecule has 0 spiro atoms. The zero-order valence-corrected chi connectivity index (χ0v) is 29.3. The standard InChI is InChI=1S/C38H38FN7O8/c1-2-38(53)24-12-28-34-22(17-46(28)36(51)23(24)18-54-37(38)52)20-9-6-10-21-32(20)26(44-34)13-25(39)33(21)45-31(49)16-42-35(50)27(11-19-7-4-3-5-8-19)43-30(48)15-41-29(47)14-40/h3-5,7-8,12-13,27,53H,2,6,9-11,14-18,40H2,1H3,(H,41,47)(H,42,50)(H,43,48)(H,45,49)/t27-,38-/m0/s1. The van der Waals surface area contributed by atoms with Crippen LogP contribution in [-0.4, -0.2) is 69.9 Å². The van der Waals surface area contributed by atoms with Gasteiger partial charge in [-0.25, -0.2) is 14.2 Å². The number of anilines is 1. The van der Waals surface area contributed by atoms with E-state index in [9.17, 15) is 33.9 Å². The fourth-order valence-electron chi connectivity index (χ4n) is 7.52. The van der Waals surface area contributed by atoms with Gasteiger partial charge in [0.15, 0.2) is 5.60 Å². The Morgan fingerprint density at radius 1 is 1.00 bits per heavy atom. The second-order valence-corrected chi connectivity index (χ2v) is 13.5. The van der Waals surface area contributed by atoms with Crippen molar-refractivity contribution in [3.63, 3.8) is 0 Å².